The number of amides is 1. The third-order valence-electron chi connectivity index (χ3n) is 2.78. The first kappa shape index (κ1) is 14.7. The summed E-state index contributed by atoms with van der Waals surface area (Å²) in [4.78, 5) is 11.2. The molecule has 0 aliphatic rings. The zero-order valence-corrected chi connectivity index (χ0v) is 11.1. The van der Waals surface area contributed by atoms with Crippen LogP contribution in [0.25, 0.3) is 0 Å². The lowest BCUT2D eigenvalue weighted by Gasteiger charge is -2.27. The van der Waals surface area contributed by atoms with E-state index in [0.29, 0.717) is 5.02 Å². The van der Waals surface area contributed by atoms with Gasteiger partial charge in [-0.1, -0.05) is 30.3 Å². The third-order valence-corrected chi connectivity index (χ3v) is 4.55. The van der Waals surface area contributed by atoms with Gasteiger partial charge in [-0.25, -0.2) is 0 Å². The van der Waals surface area contributed by atoms with Crippen LogP contribution in [0.4, 0.5) is 0 Å². The van der Waals surface area contributed by atoms with Crippen molar-refractivity contribution in [3.63, 3.8) is 0 Å². The quantitative estimate of drug-likeness (QED) is 0.648. The predicted molar refractivity (Wildman–Crippen MR) is 68.7 cm³/mol. The largest absolute Gasteiger partial charge is 0.366 e. The smallest absolute Gasteiger partial charge is 0.279 e. The summed E-state index contributed by atoms with van der Waals surface area (Å²) in [5.74, 6) is -1.01. The zero-order valence-electron chi connectivity index (χ0n) is 9.55. The first-order valence-electron chi connectivity index (χ1n) is 4.83. The molecule has 98 valence electrons. The molecule has 18 heavy (non-hydrogen) atoms. The summed E-state index contributed by atoms with van der Waals surface area (Å²) >= 11 is 5.69. The van der Waals surface area contributed by atoms with Crippen LogP contribution < -0.4 is 5.73 Å². The van der Waals surface area contributed by atoms with E-state index in [-0.39, 0.29) is 5.56 Å². The van der Waals surface area contributed by atoms with E-state index in [9.17, 15) is 17.8 Å². The maximum absolute atomic E-state index is 11.5. The highest BCUT2D eigenvalue weighted by Gasteiger charge is 2.44. The number of hydrogen-bond donors (Lipinski definition) is 2. The van der Waals surface area contributed by atoms with E-state index >= 15 is 0 Å². The van der Waals surface area contributed by atoms with Crippen LogP contribution in [-0.4, -0.2) is 18.9 Å². The number of carbonyl (C=O) groups excluding carboxylic acids is 1. The van der Waals surface area contributed by atoms with Gasteiger partial charge in [-0.05, 0) is 24.6 Å². The first-order chi connectivity index (χ1) is 8.10. The summed E-state index contributed by atoms with van der Waals surface area (Å²) in [5.41, 5.74) is 4.77. The second-order valence-corrected chi connectivity index (χ2v) is 6.06. The Hall–Kier alpha value is -1.37. The van der Waals surface area contributed by atoms with Gasteiger partial charge in [0.15, 0.2) is 0 Å². The Kier molecular flexibility index (Phi) is 3.85. The number of halogens is 1. The average Bonchev–Trinajstić information content (AvgIpc) is 2.26. The summed E-state index contributed by atoms with van der Waals surface area (Å²) in [5, 5.41) is 0.390. The summed E-state index contributed by atoms with van der Waals surface area (Å²) < 4.78 is 30.4. The Balaban J connectivity index is 3.54. The van der Waals surface area contributed by atoms with Crippen molar-refractivity contribution < 1.29 is 17.8 Å². The Morgan fingerprint density at radius 2 is 1.83 bits per heavy atom. The summed E-state index contributed by atoms with van der Waals surface area (Å²) in [6.45, 7) is 4.50. The van der Waals surface area contributed by atoms with Crippen LogP contribution in [0.3, 0.4) is 0 Å². The summed E-state index contributed by atoms with van der Waals surface area (Å²) in [6, 6.07) is 5.64. The molecule has 1 unspecified atom stereocenters. The van der Waals surface area contributed by atoms with Crippen molar-refractivity contribution in [2.75, 3.05) is 0 Å². The Labute approximate surface area is 110 Å². The van der Waals surface area contributed by atoms with Crippen LogP contribution >= 0.6 is 11.6 Å². The second kappa shape index (κ2) is 4.72. The number of carbonyl (C=O) groups is 1. The molecule has 0 fully saturated rings. The maximum atomic E-state index is 11.5. The molecule has 0 aromatic heterocycles. The molecule has 0 aliphatic heterocycles. The second-order valence-electron chi connectivity index (χ2n) is 3.86. The van der Waals surface area contributed by atoms with Crippen LogP contribution in [0, 0.1) is 0 Å². The van der Waals surface area contributed by atoms with E-state index in [2.05, 4.69) is 6.58 Å². The number of primary amides is 1. The van der Waals surface area contributed by atoms with E-state index in [1.54, 1.807) is 0 Å². The molecule has 1 amide bonds. The lowest BCUT2D eigenvalue weighted by atomic mass is 9.92. The zero-order chi connectivity index (χ0) is 14.1. The minimum Gasteiger partial charge on any atom is -0.366 e. The molecule has 0 radical (unpaired) electrons. The molecule has 7 heteroatoms. The highest BCUT2D eigenvalue weighted by Crippen LogP contribution is 2.36. The molecule has 1 atom stereocenters. The van der Waals surface area contributed by atoms with E-state index in [0.717, 1.165) is 6.92 Å². The minimum absolute atomic E-state index is 0.151. The standard InChI is InChI=1S/C11H12ClNO4S/c1-7(10(13)14)11(2,18(15,16)17)8-3-5-9(12)6-4-8/h3-6H,1H2,2H3,(H2,13,14)(H,15,16,17). The molecule has 0 bridgehead atoms. The van der Waals surface area contributed by atoms with Crippen LogP contribution in [0.1, 0.15) is 12.5 Å². The van der Waals surface area contributed by atoms with E-state index in [1.165, 1.54) is 24.3 Å². The molecule has 1 aromatic rings. The molecule has 1 aromatic carbocycles. The molecule has 3 N–H and O–H groups in total. The fraction of sp³-hybridized carbons (Fsp3) is 0.182. The molecule has 5 nitrogen and oxygen atoms in total. The van der Waals surface area contributed by atoms with Gasteiger partial charge in [0.2, 0.25) is 5.91 Å². The molecule has 0 saturated heterocycles. The van der Waals surface area contributed by atoms with E-state index in [1.807, 2.05) is 0 Å². The van der Waals surface area contributed by atoms with Gasteiger partial charge in [0, 0.05) is 10.6 Å². The van der Waals surface area contributed by atoms with Crippen LogP contribution in [0.15, 0.2) is 36.4 Å². The van der Waals surface area contributed by atoms with Crippen molar-refractivity contribution in [2.24, 2.45) is 5.73 Å². The number of nitrogens with two attached hydrogens (primary N) is 1. The Morgan fingerprint density at radius 3 is 2.17 bits per heavy atom. The maximum Gasteiger partial charge on any atom is 0.279 e. The van der Waals surface area contributed by atoms with E-state index in [4.69, 9.17) is 17.3 Å². The molecular weight excluding hydrogens is 278 g/mol. The normalized spacial score (nSPS) is 14.8. The van der Waals surface area contributed by atoms with Gasteiger partial charge in [-0.15, -0.1) is 0 Å². The predicted octanol–water partition coefficient (Wildman–Crippen LogP) is 1.48. The monoisotopic (exact) mass is 289 g/mol. The molecule has 0 heterocycles. The third kappa shape index (κ3) is 2.40. The van der Waals surface area contributed by atoms with Gasteiger partial charge in [0.05, 0.1) is 0 Å². The number of benzene rings is 1. The summed E-state index contributed by atoms with van der Waals surface area (Å²) in [6.07, 6.45) is 0. The van der Waals surface area contributed by atoms with Crippen molar-refractivity contribution in [1.82, 2.24) is 0 Å². The van der Waals surface area contributed by atoms with Crippen molar-refractivity contribution in [3.8, 4) is 0 Å². The van der Waals surface area contributed by atoms with Gasteiger partial charge >= 0.3 is 0 Å². The first-order valence-corrected chi connectivity index (χ1v) is 6.64. The number of rotatable bonds is 4. The van der Waals surface area contributed by atoms with Crippen LogP contribution in [0.5, 0.6) is 0 Å². The lowest BCUT2D eigenvalue weighted by Crippen LogP contribution is -2.39. The highest BCUT2D eigenvalue weighted by molar-refractivity contribution is 7.87. The van der Waals surface area contributed by atoms with Crippen LogP contribution in [-0.2, 0) is 19.7 Å². The SMILES string of the molecule is C=C(C(N)=O)C(C)(c1ccc(Cl)cc1)S(=O)(=O)O. The Bertz CT molecular complexity index is 594. The van der Waals surface area contributed by atoms with Crippen molar-refractivity contribution in [3.05, 3.63) is 47.0 Å². The Morgan fingerprint density at radius 1 is 1.39 bits per heavy atom. The molecule has 0 spiro atoms. The number of hydrogen-bond acceptors (Lipinski definition) is 3. The minimum atomic E-state index is -4.62. The van der Waals surface area contributed by atoms with Gasteiger partial charge in [-0.2, -0.15) is 8.42 Å². The highest BCUT2D eigenvalue weighted by atomic mass is 35.5. The summed E-state index contributed by atoms with van der Waals surface area (Å²) in [7, 11) is -4.62. The van der Waals surface area contributed by atoms with Crippen LogP contribution in [0.2, 0.25) is 5.02 Å². The average molecular weight is 290 g/mol. The molecule has 0 saturated carbocycles. The van der Waals surface area contributed by atoms with Gasteiger partial charge in [0.25, 0.3) is 10.1 Å². The fourth-order valence-electron chi connectivity index (χ4n) is 1.48. The molecule has 1 rings (SSSR count). The van der Waals surface area contributed by atoms with Crippen molar-refractivity contribution in [1.29, 1.82) is 0 Å². The van der Waals surface area contributed by atoms with E-state index < -0.39 is 26.3 Å². The fourth-order valence-corrected chi connectivity index (χ4v) is 2.45. The van der Waals surface area contributed by atoms with Gasteiger partial charge in [0.1, 0.15) is 4.75 Å². The topological polar surface area (TPSA) is 97.5 Å². The van der Waals surface area contributed by atoms with Crippen molar-refractivity contribution >= 4 is 27.6 Å². The van der Waals surface area contributed by atoms with Gasteiger partial charge < -0.3 is 5.73 Å². The van der Waals surface area contributed by atoms with Crippen molar-refractivity contribution in [2.45, 2.75) is 11.7 Å². The lowest BCUT2D eigenvalue weighted by molar-refractivity contribution is -0.114. The molecule has 0 aliphatic carbocycles. The van der Waals surface area contributed by atoms with Gasteiger partial charge in [-0.3, -0.25) is 9.35 Å². The molecular formula is C11H12ClNO4S.